The van der Waals surface area contributed by atoms with Gasteiger partial charge in [0.2, 0.25) is 0 Å². The van der Waals surface area contributed by atoms with Gasteiger partial charge >= 0.3 is 6.09 Å². The van der Waals surface area contributed by atoms with E-state index in [1.165, 1.54) is 19.3 Å². The van der Waals surface area contributed by atoms with Gasteiger partial charge in [-0.15, -0.1) is 0 Å². The molecule has 5 heteroatoms. The number of hydrogen-bond acceptors (Lipinski definition) is 4. The minimum absolute atomic E-state index is 0.150. The van der Waals surface area contributed by atoms with Crippen molar-refractivity contribution in [1.82, 2.24) is 15.1 Å². The van der Waals surface area contributed by atoms with Gasteiger partial charge in [-0.3, -0.25) is 4.90 Å². The number of carbonyl (C=O) groups is 1. The van der Waals surface area contributed by atoms with E-state index >= 15 is 0 Å². The van der Waals surface area contributed by atoms with Gasteiger partial charge in [0.05, 0.1) is 0 Å². The maximum absolute atomic E-state index is 12.3. The molecule has 0 aromatic heterocycles. The lowest BCUT2D eigenvalue weighted by molar-refractivity contribution is 0.0192. The number of nitrogens with zero attached hydrogens (tertiary/aromatic N) is 2. The molecule has 1 aliphatic carbocycles. The van der Waals surface area contributed by atoms with Gasteiger partial charge < -0.3 is 15.0 Å². The molecule has 1 aliphatic heterocycles. The van der Waals surface area contributed by atoms with E-state index in [1.807, 2.05) is 39.5 Å². The zero-order valence-corrected chi connectivity index (χ0v) is 15.8. The fourth-order valence-electron chi connectivity index (χ4n) is 3.39. The number of likely N-dealkylation sites (tertiary alicyclic amines) is 1. The number of carbonyl (C=O) groups excluding carboxylic acids is 1. The Bertz CT molecular complexity index is 402. The smallest absolute Gasteiger partial charge is 0.410 e. The Labute approximate surface area is 141 Å². The van der Waals surface area contributed by atoms with E-state index in [0.717, 1.165) is 19.1 Å². The van der Waals surface area contributed by atoms with Gasteiger partial charge in [-0.25, -0.2) is 4.79 Å². The van der Waals surface area contributed by atoms with Gasteiger partial charge in [0, 0.05) is 43.8 Å². The molecule has 1 heterocycles. The zero-order chi connectivity index (χ0) is 17.2. The first-order valence-electron chi connectivity index (χ1n) is 9.16. The van der Waals surface area contributed by atoms with E-state index in [2.05, 4.69) is 17.1 Å². The molecule has 1 saturated carbocycles. The molecule has 23 heavy (non-hydrogen) atoms. The second-order valence-electron chi connectivity index (χ2n) is 8.43. The van der Waals surface area contributed by atoms with Crippen molar-refractivity contribution >= 4 is 6.09 Å². The molecule has 0 bridgehead atoms. The minimum atomic E-state index is -0.441. The average molecular weight is 325 g/mol. The van der Waals surface area contributed by atoms with Crippen molar-refractivity contribution in [2.45, 2.75) is 90.6 Å². The van der Waals surface area contributed by atoms with Crippen molar-refractivity contribution in [3.63, 3.8) is 0 Å². The van der Waals surface area contributed by atoms with Gasteiger partial charge in [-0.1, -0.05) is 0 Å². The zero-order valence-electron chi connectivity index (χ0n) is 15.8. The first-order valence-corrected chi connectivity index (χ1v) is 9.16. The third-order valence-corrected chi connectivity index (χ3v) is 4.68. The summed E-state index contributed by atoms with van der Waals surface area (Å²) in [7, 11) is 0. The van der Waals surface area contributed by atoms with Gasteiger partial charge in [0.25, 0.3) is 0 Å². The van der Waals surface area contributed by atoms with Crippen LogP contribution in [0.4, 0.5) is 4.79 Å². The fourth-order valence-corrected chi connectivity index (χ4v) is 3.39. The second-order valence-corrected chi connectivity index (χ2v) is 8.43. The van der Waals surface area contributed by atoms with Crippen LogP contribution in [0.3, 0.4) is 0 Å². The van der Waals surface area contributed by atoms with Gasteiger partial charge in [-0.05, 0) is 60.8 Å². The Hall–Kier alpha value is -0.810. The van der Waals surface area contributed by atoms with Crippen LogP contribution >= 0.6 is 0 Å². The number of rotatable bonds is 6. The quantitative estimate of drug-likeness (QED) is 0.815. The second kappa shape index (κ2) is 7.39. The SMILES string of the molecule is CC(C)N(CCNC1CC(C)N(C2CC2)C1)C(=O)OC(C)(C)C. The summed E-state index contributed by atoms with van der Waals surface area (Å²) >= 11 is 0. The van der Waals surface area contributed by atoms with Crippen LogP contribution < -0.4 is 5.32 Å². The van der Waals surface area contributed by atoms with Crippen molar-refractivity contribution in [3.05, 3.63) is 0 Å². The van der Waals surface area contributed by atoms with Crippen LogP contribution in [0.25, 0.3) is 0 Å². The lowest BCUT2D eigenvalue weighted by Gasteiger charge is -2.30. The van der Waals surface area contributed by atoms with Gasteiger partial charge in [0.15, 0.2) is 0 Å². The van der Waals surface area contributed by atoms with Crippen molar-refractivity contribution in [1.29, 1.82) is 0 Å². The Kier molecular flexibility index (Phi) is 5.95. The molecule has 2 fully saturated rings. The fraction of sp³-hybridized carbons (Fsp3) is 0.944. The maximum Gasteiger partial charge on any atom is 0.410 e. The summed E-state index contributed by atoms with van der Waals surface area (Å²) in [6, 6.07) is 2.23. The first-order chi connectivity index (χ1) is 10.7. The summed E-state index contributed by atoms with van der Waals surface area (Å²) in [4.78, 5) is 16.8. The highest BCUT2D eigenvalue weighted by Crippen LogP contribution is 2.33. The molecular formula is C18H35N3O2. The molecular weight excluding hydrogens is 290 g/mol. The molecule has 0 aromatic carbocycles. The molecule has 1 amide bonds. The lowest BCUT2D eigenvalue weighted by Crippen LogP contribution is -2.45. The van der Waals surface area contributed by atoms with Crippen LogP contribution in [0.15, 0.2) is 0 Å². The molecule has 2 atom stereocenters. The van der Waals surface area contributed by atoms with E-state index in [4.69, 9.17) is 4.74 Å². The summed E-state index contributed by atoms with van der Waals surface area (Å²) < 4.78 is 5.51. The van der Waals surface area contributed by atoms with E-state index in [1.54, 1.807) is 0 Å². The Morgan fingerprint density at radius 3 is 2.52 bits per heavy atom. The maximum atomic E-state index is 12.3. The highest BCUT2D eigenvalue weighted by molar-refractivity contribution is 5.68. The van der Waals surface area contributed by atoms with Crippen LogP contribution in [0.2, 0.25) is 0 Å². The van der Waals surface area contributed by atoms with Crippen LogP contribution in [0.5, 0.6) is 0 Å². The third-order valence-electron chi connectivity index (χ3n) is 4.68. The van der Waals surface area contributed by atoms with Crippen molar-refractivity contribution in [2.24, 2.45) is 0 Å². The molecule has 2 unspecified atom stereocenters. The van der Waals surface area contributed by atoms with E-state index in [9.17, 15) is 4.79 Å². The van der Waals surface area contributed by atoms with Crippen LogP contribution in [-0.4, -0.2) is 65.3 Å². The molecule has 134 valence electrons. The Balaban J connectivity index is 1.75. The van der Waals surface area contributed by atoms with E-state index in [0.29, 0.717) is 18.6 Å². The topological polar surface area (TPSA) is 44.8 Å². The number of ether oxygens (including phenoxy) is 1. The van der Waals surface area contributed by atoms with Crippen LogP contribution in [-0.2, 0) is 4.74 Å². The molecule has 2 aliphatic rings. The number of amides is 1. The van der Waals surface area contributed by atoms with Gasteiger partial charge in [0.1, 0.15) is 5.60 Å². The highest BCUT2D eigenvalue weighted by atomic mass is 16.6. The summed E-state index contributed by atoms with van der Waals surface area (Å²) in [5, 5.41) is 3.64. The monoisotopic (exact) mass is 325 g/mol. The van der Waals surface area contributed by atoms with Crippen molar-refractivity contribution in [2.75, 3.05) is 19.6 Å². The predicted molar refractivity (Wildman–Crippen MR) is 93.7 cm³/mol. The molecule has 0 spiro atoms. The molecule has 0 radical (unpaired) electrons. The minimum Gasteiger partial charge on any atom is -0.444 e. The summed E-state index contributed by atoms with van der Waals surface area (Å²) in [6.07, 6.45) is 3.74. The predicted octanol–water partition coefficient (Wildman–Crippen LogP) is 2.85. The number of hydrogen-bond donors (Lipinski definition) is 1. The summed E-state index contributed by atoms with van der Waals surface area (Å²) in [5.41, 5.74) is -0.441. The van der Waals surface area contributed by atoms with Crippen molar-refractivity contribution < 1.29 is 9.53 Å². The van der Waals surface area contributed by atoms with E-state index in [-0.39, 0.29) is 12.1 Å². The standard InChI is InChI=1S/C18H35N3O2/c1-13(2)20(17(22)23-18(4,5)6)10-9-19-15-11-14(3)21(12-15)16-7-8-16/h13-16,19H,7-12H2,1-6H3. The molecule has 5 nitrogen and oxygen atoms in total. The molecule has 0 aromatic rings. The molecule has 2 rings (SSSR count). The molecule has 1 saturated heterocycles. The molecule has 1 N–H and O–H groups in total. The summed E-state index contributed by atoms with van der Waals surface area (Å²) in [6.45, 7) is 14.8. The van der Waals surface area contributed by atoms with Crippen LogP contribution in [0.1, 0.15) is 60.8 Å². The summed E-state index contributed by atoms with van der Waals surface area (Å²) in [5.74, 6) is 0. The average Bonchev–Trinajstić information content (AvgIpc) is 3.16. The van der Waals surface area contributed by atoms with E-state index < -0.39 is 5.60 Å². The lowest BCUT2D eigenvalue weighted by atomic mass is 10.2. The Morgan fingerprint density at radius 2 is 2.00 bits per heavy atom. The number of nitrogens with one attached hydrogen (secondary N) is 1. The third kappa shape index (κ3) is 5.64. The van der Waals surface area contributed by atoms with Gasteiger partial charge in [-0.2, -0.15) is 0 Å². The highest BCUT2D eigenvalue weighted by Gasteiger charge is 2.38. The van der Waals surface area contributed by atoms with Crippen molar-refractivity contribution in [3.8, 4) is 0 Å². The first kappa shape index (κ1) is 18.5. The normalized spacial score (nSPS) is 25.9. The largest absolute Gasteiger partial charge is 0.444 e. The van der Waals surface area contributed by atoms with Crippen LogP contribution in [0, 0.1) is 0 Å². The Morgan fingerprint density at radius 1 is 1.35 bits per heavy atom.